The van der Waals surface area contributed by atoms with Gasteiger partial charge < -0.3 is 10.1 Å². The van der Waals surface area contributed by atoms with Gasteiger partial charge in [-0.3, -0.25) is 0 Å². The van der Waals surface area contributed by atoms with Crippen molar-refractivity contribution < 1.29 is 17.9 Å². The molecule has 1 saturated heterocycles. The lowest BCUT2D eigenvalue weighted by molar-refractivity contribution is -0.137. The third-order valence-corrected chi connectivity index (χ3v) is 3.41. The summed E-state index contributed by atoms with van der Waals surface area (Å²) in [5, 5.41) is 3.06. The van der Waals surface area contributed by atoms with E-state index in [9.17, 15) is 13.2 Å². The number of anilines is 1. The molecule has 0 saturated carbocycles. The van der Waals surface area contributed by atoms with E-state index in [1.165, 1.54) is 6.07 Å². The number of rotatable bonds is 3. The predicted molar refractivity (Wildman–Crippen MR) is 68.2 cm³/mol. The molecule has 2 nitrogen and oxygen atoms in total. The van der Waals surface area contributed by atoms with Gasteiger partial charge in [0, 0.05) is 12.2 Å². The van der Waals surface area contributed by atoms with Gasteiger partial charge in [0.2, 0.25) is 0 Å². The molecule has 0 bridgehead atoms. The van der Waals surface area contributed by atoms with E-state index in [-0.39, 0.29) is 12.2 Å². The Labute approximate surface area is 111 Å². The number of alkyl halides is 3. The average Bonchev–Trinajstić information content (AvgIpc) is 2.72. The van der Waals surface area contributed by atoms with Crippen LogP contribution in [-0.2, 0) is 10.9 Å². The summed E-state index contributed by atoms with van der Waals surface area (Å²) in [6.07, 6.45) is -2.01. The fraction of sp³-hybridized carbons (Fsp3) is 0.571. The summed E-state index contributed by atoms with van der Waals surface area (Å²) in [4.78, 5) is 0. The lowest BCUT2D eigenvalue weighted by Gasteiger charge is -2.16. The molecule has 0 aromatic heterocycles. The summed E-state index contributed by atoms with van der Waals surface area (Å²) < 4.78 is 43.6. The van der Waals surface area contributed by atoms with Crippen LogP contribution in [0.1, 0.15) is 30.9 Å². The molecule has 2 atom stereocenters. The van der Waals surface area contributed by atoms with Crippen LogP contribution in [-0.4, -0.2) is 18.8 Å². The third kappa shape index (κ3) is 3.62. The van der Waals surface area contributed by atoms with Gasteiger partial charge >= 0.3 is 6.18 Å². The molecule has 5 heteroatoms. The molecule has 1 aliphatic heterocycles. The molecule has 1 aromatic carbocycles. The first-order chi connectivity index (χ1) is 8.86. The normalized spacial score (nSPS) is 23.6. The fourth-order valence-corrected chi connectivity index (χ4v) is 2.25. The SMILES string of the molecule is Cc1ccc(C(F)(F)F)cc1NCC1CCC(C)O1. The quantitative estimate of drug-likeness (QED) is 0.899. The van der Waals surface area contributed by atoms with Crippen molar-refractivity contribution >= 4 is 5.69 Å². The van der Waals surface area contributed by atoms with E-state index in [0.29, 0.717) is 12.2 Å². The number of nitrogens with one attached hydrogen (secondary N) is 1. The maximum Gasteiger partial charge on any atom is 0.416 e. The molecule has 1 fully saturated rings. The molecule has 1 aromatic rings. The van der Waals surface area contributed by atoms with Crippen LogP contribution in [0.25, 0.3) is 0 Å². The van der Waals surface area contributed by atoms with E-state index in [1.807, 2.05) is 6.92 Å². The second-order valence-corrected chi connectivity index (χ2v) is 5.05. The smallest absolute Gasteiger partial charge is 0.382 e. The van der Waals surface area contributed by atoms with E-state index in [1.54, 1.807) is 6.92 Å². The zero-order valence-electron chi connectivity index (χ0n) is 11.1. The summed E-state index contributed by atoms with van der Waals surface area (Å²) in [6.45, 7) is 4.35. The number of aryl methyl sites for hydroxylation is 1. The van der Waals surface area contributed by atoms with Crippen LogP contribution in [0.4, 0.5) is 18.9 Å². The topological polar surface area (TPSA) is 21.3 Å². The minimum atomic E-state index is -4.30. The van der Waals surface area contributed by atoms with Gasteiger partial charge in [0.25, 0.3) is 0 Å². The van der Waals surface area contributed by atoms with Gasteiger partial charge in [0.05, 0.1) is 17.8 Å². The van der Waals surface area contributed by atoms with Crippen molar-refractivity contribution in [3.05, 3.63) is 29.3 Å². The van der Waals surface area contributed by atoms with Crippen molar-refractivity contribution in [2.24, 2.45) is 0 Å². The maximum atomic E-state index is 12.6. The van der Waals surface area contributed by atoms with Crippen molar-refractivity contribution in [2.75, 3.05) is 11.9 Å². The van der Waals surface area contributed by atoms with Crippen LogP contribution in [0.2, 0.25) is 0 Å². The van der Waals surface area contributed by atoms with Gasteiger partial charge in [-0.15, -0.1) is 0 Å². The van der Waals surface area contributed by atoms with Crippen molar-refractivity contribution in [1.82, 2.24) is 0 Å². The summed E-state index contributed by atoms with van der Waals surface area (Å²) >= 11 is 0. The molecule has 0 radical (unpaired) electrons. The molecule has 0 spiro atoms. The predicted octanol–water partition coefficient (Wildman–Crippen LogP) is 3.99. The van der Waals surface area contributed by atoms with Crippen LogP contribution >= 0.6 is 0 Å². The fourth-order valence-electron chi connectivity index (χ4n) is 2.25. The van der Waals surface area contributed by atoms with Gasteiger partial charge in [-0.25, -0.2) is 0 Å². The standard InChI is InChI=1S/C14H18F3NO/c1-9-3-5-11(14(15,16)17)7-13(9)18-8-12-6-4-10(2)19-12/h3,5,7,10,12,18H,4,6,8H2,1-2H3. The van der Waals surface area contributed by atoms with E-state index in [4.69, 9.17) is 4.74 Å². The van der Waals surface area contributed by atoms with Crippen LogP contribution in [0.15, 0.2) is 18.2 Å². The first-order valence-corrected chi connectivity index (χ1v) is 6.43. The minimum absolute atomic E-state index is 0.0870. The molecule has 1 aliphatic rings. The van der Waals surface area contributed by atoms with Gasteiger partial charge in [-0.1, -0.05) is 6.07 Å². The Morgan fingerprint density at radius 3 is 2.63 bits per heavy atom. The Balaban J connectivity index is 2.03. The Kier molecular flexibility index (Phi) is 4.04. The largest absolute Gasteiger partial charge is 0.416 e. The van der Waals surface area contributed by atoms with E-state index >= 15 is 0 Å². The van der Waals surface area contributed by atoms with Crippen LogP contribution < -0.4 is 5.32 Å². The average molecular weight is 273 g/mol. The Morgan fingerprint density at radius 2 is 2.05 bits per heavy atom. The lowest BCUT2D eigenvalue weighted by atomic mass is 10.1. The van der Waals surface area contributed by atoms with Gasteiger partial charge in [-0.2, -0.15) is 13.2 Å². The number of benzene rings is 1. The van der Waals surface area contributed by atoms with Crippen molar-refractivity contribution in [3.63, 3.8) is 0 Å². The minimum Gasteiger partial charge on any atom is -0.382 e. The molecule has 19 heavy (non-hydrogen) atoms. The van der Waals surface area contributed by atoms with Crippen LogP contribution in [0.5, 0.6) is 0 Å². The van der Waals surface area contributed by atoms with Crippen molar-refractivity contribution in [2.45, 2.75) is 45.1 Å². The molecule has 1 N–H and O–H groups in total. The van der Waals surface area contributed by atoms with Gasteiger partial charge in [-0.05, 0) is 44.4 Å². The van der Waals surface area contributed by atoms with Gasteiger partial charge in [0.1, 0.15) is 0 Å². The van der Waals surface area contributed by atoms with Crippen molar-refractivity contribution in [1.29, 1.82) is 0 Å². The number of hydrogen-bond donors (Lipinski definition) is 1. The maximum absolute atomic E-state index is 12.6. The highest BCUT2D eigenvalue weighted by Gasteiger charge is 2.31. The molecule has 0 amide bonds. The molecule has 106 valence electrons. The third-order valence-electron chi connectivity index (χ3n) is 3.41. The van der Waals surface area contributed by atoms with E-state index < -0.39 is 11.7 Å². The highest BCUT2D eigenvalue weighted by atomic mass is 19.4. The Hall–Kier alpha value is -1.23. The zero-order valence-corrected chi connectivity index (χ0v) is 11.1. The van der Waals surface area contributed by atoms with Crippen molar-refractivity contribution in [3.8, 4) is 0 Å². The summed E-state index contributed by atoms with van der Waals surface area (Å²) in [7, 11) is 0. The summed E-state index contributed by atoms with van der Waals surface area (Å²) in [5.74, 6) is 0. The Morgan fingerprint density at radius 1 is 1.32 bits per heavy atom. The number of hydrogen-bond acceptors (Lipinski definition) is 2. The zero-order chi connectivity index (χ0) is 14.0. The molecular formula is C14H18F3NO. The second-order valence-electron chi connectivity index (χ2n) is 5.05. The molecular weight excluding hydrogens is 255 g/mol. The first-order valence-electron chi connectivity index (χ1n) is 6.43. The van der Waals surface area contributed by atoms with E-state index in [0.717, 1.165) is 30.5 Å². The van der Waals surface area contributed by atoms with Gasteiger partial charge in [0.15, 0.2) is 0 Å². The summed E-state index contributed by atoms with van der Waals surface area (Å²) in [6, 6.07) is 3.76. The molecule has 0 aliphatic carbocycles. The highest BCUT2D eigenvalue weighted by Crippen LogP contribution is 2.32. The highest BCUT2D eigenvalue weighted by molar-refractivity contribution is 5.53. The molecule has 1 heterocycles. The first kappa shape index (κ1) is 14.2. The molecule has 2 rings (SSSR count). The number of halogens is 3. The summed E-state index contributed by atoms with van der Waals surface area (Å²) in [5.41, 5.74) is 0.707. The Bertz CT molecular complexity index is 445. The van der Waals surface area contributed by atoms with E-state index in [2.05, 4.69) is 5.32 Å². The second kappa shape index (κ2) is 5.41. The monoisotopic (exact) mass is 273 g/mol. The van der Waals surface area contributed by atoms with Crippen LogP contribution in [0, 0.1) is 6.92 Å². The van der Waals surface area contributed by atoms with Crippen LogP contribution in [0.3, 0.4) is 0 Å². The lowest BCUT2D eigenvalue weighted by Crippen LogP contribution is -2.20. The molecule has 2 unspecified atom stereocenters. The number of ether oxygens (including phenoxy) is 1.